The first-order valence-corrected chi connectivity index (χ1v) is 10.4. The lowest BCUT2D eigenvalue weighted by Crippen LogP contribution is -2.46. The first-order valence-electron chi connectivity index (χ1n) is 10.4. The molecular formula is C23H27N5O2. The van der Waals surface area contributed by atoms with Crippen molar-refractivity contribution in [2.75, 3.05) is 13.1 Å². The van der Waals surface area contributed by atoms with E-state index < -0.39 is 0 Å². The highest BCUT2D eigenvalue weighted by atomic mass is 16.2. The predicted molar refractivity (Wildman–Crippen MR) is 115 cm³/mol. The summed E-state index contributed by atoms with van der Waals surface area (Å²) in [5.41, 5.74) is 2.81. The maximum atomic E-state index is 13.1. The number of likely N-dealkylation sites (tertiary alicyclic amines) is 1. The number of carbonyl (C=O) groups is 2. The summed E-state index contributed by atoms with van der Waals surface area (Å²) >= 11 is 0. The number of amides is 2. The zero-order valence-corrected chi connectivity index (χ0v) is 17.6. The van der Waals surface area contributed by atoms with Crippen molar-refractivity contribution in [3.63, 3.8) is 0 Å². The average Bonchev–Trinajstić information content (AvgIpc) is 3.17. The number of carbonyl (C=O) groups excluding carboxylic acids is 2. The van der Waals surface area contributed by atoms with Gasteiger partial charge in [-0.15, -0.1) is 0 Å². The van der Waals surface area contributed by atoms with Gasteiger partial charge in [0.2, 0.25) is 0 Å². The van der Waals surface area contributed by atoms with Crippen molar-refractivity contribution in [1.82, 2.24) is 25.0 Å². The van der Waals surface area contributed by atoms with Gasteiger partial charge in [-0.2, -0.15) is 5.10 Å². The van der Waals surface area contributed by atoms with Crippen molar-refractivity contribution >= 4 is 22.8 Å². The lowest BCUT2D eigenvalue weighted by Gasteiger charge is -2.32. The summed E-state index contributed by atoms with van der Waals surface area (Å²) < 4.78 is 1.87. The van der Waals surface area contributed by atoms with E-state index in [0.29, 0.717) is 24.2 Å². The van der Waals surface area contributed by atoms with Crippen LogP contribution in [0.3, 0.4) is 0 Å². The summed E-state index contributed by atoms with van der Waals surface area (Å²) in [5.74, 6) is -0.0694. The lowest BCUT2D eigenvalue weighted by atomic mass is 10.0. The summed E-state index contributed by atoms with van der Waals surface area (Å²) in [4.78, 5) is 32.0. The van der Waals surface area contributed by atoms with E-state index in [4.69, 9.17) is 0 Å². The molecule has 0 radical (unpaired) electrons. The smallest absolute Gasteiger partial charge is 0.255 e. The van der Waals surface area contributed by atoms with Crippen LogP contribution in [-0.4, -0.2) is 50.6 Å². The molecule has 0 unspecified atom stereocenters. The van der Waals surface area contributed by atoms with Crippen LogP contribution in [0.25, 0.3) is 11.0 Å². The number of fused-ring (bicyclic) bond motifs is 1. The van der Waals surface area contributed by atoms with E-state index in [1.165, 1.54) is 0 Å². The van der Waals surface area contributed by atoms with Gasteiger partial charge in [0.15, 0.2) is 5.65 Å². The molecular weight excluding hydrogens is 378 g/mol. The quantitative estimate of drug-likeness (QED) is 0.722. The van der Waals surface area contributed by atoms with Gasteiger partial charge in [-0.1, -0.05) is 18.2 Å². The molecule has 156 valence electrons. The molecule has 0 bridgehead atoms. The SMILES string of the molecule is Cc1nc2c(cnn2C(C)C)cc1C(=O)N1CCC(NC(=O)c2ccccc2)CC1. The van der Waals surface area contributed by atoms with Crippen LogP contribution >= 0.6 is 0 Å². The molecule has 3 heterocycles. The molecule has 7 nitrogen and oxygen atoms in total. The van der Waals surface area contributed by atoms with Gasteiger partial charge >= 0.3 is 0 Å². The molecule has 2 amide bonds. The van der Waals surface area contributed by atoms with Gasteiger partial charge in [0.05, 0.1) is 17.5 Å². The monoisotopic (exact) mass is 405 g/mol. The maximum absolute atomic E-state index is 13.1. The number of benzene rings is 1. The standard InChI is InChI=1S/C23H27N5O2/c1-15(2)28-21-18(14-24-28)13-20(16(3)25-21)23(30)27-11-9-19(10-12-27)26-22(29)17-7-5-4-6-8-17/h4-8,13-15,19H,9-12H2,1-3H3,(H,26,29). The van der Waals surface area contributed by atoms with E-state index in [-0.39, 0.29) is 23.9 Å². The molecule has 7 heteroatoms. The van der Waals surface area contributed by atoms with Gasteiger partial charge in [-0.05, 0) is 51.8 Å². The topological polar surface area (TPSA) is 80.1 Å². The molecule has 0 aliphatic carbocycles. The Morgan fingerprint density at radius 1 is 1.13 bits per heavy atom. The predicted octanol–water partition coefficient (Wildman–Crippen LogP) is 3.36. The van der Waals surface area contributed by atoms with Crippen LogP contribution in [0.2, 0.25) is 0 Å². The van der Waals surface area contributed by atoms with Crippen molar-refractivity contribution in [3.05, 3.63) is 59.4 Å². The number of nitrogens with zero attached hydrogens (tertiary/aromatic N) is 4. The van der Waals surface area contributed by atoms with Gasteiger partial charge in [-0.3, -0.25) is 9.59 Å². The molecule has 0 atom stereocenters. The van der Waals surface area contributed by atoms with E-state index in [0.717, 1.165) is 29.6 Å². The average molecular weight is 406 g/mol. The molecule has 30 heavy (non-hydrogen) atoms. The molecule has 3 aromatic rings. The molecule has 1 aliphatic heterocycles. The van der Waals surface area contributed by atoms with Crippen LogP contribution in [0, 0.1) is 6.92 Å². The molecule has 1 fully saturated rings. The minimum absolute atomic E-state index is 0.00738. The van der Waals surface area contributed by atoms with Crippen molar-refractivity contribution in [3.8, 4) is 0 Å². The van der Waals surface area contributed by atoms with Gasteiger partial charge in [0, 0.05) is 36.1 Å². The number of nitrogens with one attached hydrogen (secondary N) is 1. The Bertz CT molecular complexity index is 1070. The van der Waals surface area contributed by atoms with Crippen LogP contribution in [0.1, 0.15) is 59.1 Å². The Morgan fingerprint density at radius 3 is 2.50 bits per heavy atom. The number of aromatic nitrogens is 3. The lowest BCUT2D eigenvalue weighted by molar-refractivity contribution is 0.0697. The summed E-state index contributed by atoms with van der Waals surface area (Å²) in [5, 5.41) is 8.36. The highest BCUT2D eigenvalue weighted by molar-refractivity contribution is 5.98. The number of hydrogen-bond acceptors (Lipinski definition) is 4. The molecule has 1 aromatic carbocycles. The highest BCUT2D eigenvalue weighted by Gasteiger charge is 2.26. The first-order chi connectivity index (χ1) is 14.4. The summed E-state index contributed by atoms with van der Waals surface area (Å²) in [6, 6.07) is 11.4. The zero-order valence-electron chi connectivity index (χ0n) is 17.6. The third kappa shape index (κ3) is 3.92. The maximum Gasteiger partial charge on any atom is 0.255 e. The zero-order chi connectivity index (χ0) is 21.3. The molecule has 4 rings (SSSR count). The Balaban J connectivity index is 1.42. The fraction of sp³-hybridized carbons (Fsp3) is 0.391. The largest absolute Gasteiger partial charge is 0.349 e. The minimum Gasteiger partial charge on any atom is -0.349 e. The van der Waals surface area contributed by atoms with Crippen molar-refractivity contribution in [2.24, 2.45) is 0 Å². The molecule has 0 spiro atoms. The second-order valence-electron chi connectivity index (χ2n) is 8.12. The van der Waals surface area contributed by atoms with Crippen molar-refractivity contribution < 1.29 is 9.59 Å². The molecule has 0 saturated carbocycles. The number of hydrogen-bond donors (Lipinski definition) is 1. The summed E-state index contributed by atoms with van der Waals surface area (Å²) in [6.07, 6.45) is 3.25. The molecule has 1 saturated heterocycles. The molecule has 2 aromatic heterocycles. The van der Waals surface area contributed by atoms with E-state index >= 15 is 0 Å². The van der Waals surface area contributed by atoms with Crippen molar-refractivity contribution in [1.29, 1.82) is 0 Å². The number of rotatable bonds is 4. The van der Waals surface area contributed by atoms with E-state index in [2.05, 4.69) is 29.2 Å². The van der Waals surface area contributed by atoms with Crippen LogP contribution in [-0.2, 0) is 0 Å². The third-order valence-corrected chi connectivity index (χ3v) is 5.63. The number of pyridine rings is 1. The van der Waals surface area contributed by atoms with Crippen LogP contribution in [0.4, 0.5) is 0 Å². The molecule has 1 N–H and O–H groups in total. The number of aryl methyl sites for hydroxylation is 1. The van der Waals surface area contributed by atoms with Crippen LogP contribution < -0.4 is 5.32 Å². The van der Waals surface area contributed by atoms with E-state index in [1.807, 2.05) is 40.8 Å². The third-order valence-electron chi connectivity index (χ3n) is 5.63. The minimum atomic E-state index is -0.0620. The Labute approximate surface area is 176 Å². The van der Waals surface area contributed by atoms with E-state index in [1.54, 1.807) is 18.3 Å². The first kappa shape index (κ1) is 20.1. The van der Waals surface area contributed by atoms with Gasteiger partial charge in [-0.25, -0.2) is 9.67 Å². The Kier molecular flexibility index (Phi) is 5.53. The molecule has 1 aliphatic rings. The second-order valence-corrected chi connectivity index (χ2v) is 8.12. The van der Waals surface area contributed by atoms with Gasteiger partial charge in [0.25, 0.3) is 11.8 Å². The summed E-state index contributed by atoms with van der Waals surface area (Å²) in [7, 11) is 0. The van der Waals surface area contributed by atoms with E-state index in [9.17, 15) is 9.59 Å². The van der Waals surface area contributed by atoms with Crippen LogP contribution in [0.15, 0.2) is 42.6 Å². The second kappa shape index (κ2) is 8.26. The van der Waals surface area contributed by atoms with Gasteiger partial charge in [0.1, 0.15) is 0 Å². The van der Waals surface area contributed by atoms with Gasteiger partial charge < -0.3 is 10.2 Å². The summed E-state index contributed by atoms with van der Waals surface area (Å²) in [6.45, 7) is 7.21. The Hall–Kier alpha value is -3.22. The van der Waals surface area contributed by atoms with Crippen molar-refractivity contribution in [2.45, 2.75) is 45.7 Å². The highest BCUT2D eigenvalue weighted by Crippen LogP contribution is 2.22. The van der Waals surface area contributed by atoms with Crippen LogP contribution in [0.5, 0.6) is 0 Å². The fourth-order valence-electron chi connectivity index (χ4n) is 3.92. The normalized spacial score (nSPS) is 15.0. The Morgan fingerprint density at radius 2 is 1.83 bits per heavy atom. The fourth-order valence-corrected chi connectivity index (χ4v) is 3.92. The number of piperidine rings is 1.